The van der Waals surface area contributed by atoms with Gasteiger partial charge >= 0.3 is 0 Å². The smallest absolute Gasteiger partial charge is 0.254 e. The van der Waals surface area contributed by atoms with E-state index in [2.05, 4.69) is 20.4 Å². The molecule has 0 saturated heterocycles. The van der Waals surface area contributed by atoms with Gasteiger partial charge in [-0.25, -0.2) is 4.98 Å². The van der Waals surface area contributed by atoms with Gasteiger partial charge in [-0.15, -0.1) is 0 Å². The molecule has 0 fully saturated rings. The Bertz CT molecular complexity index is 751. The number of nitrogens with one attached hydrogen (secondary N) is 1. The maximum absolute atomic E-state index is 10.5. The molecule has 3 aromatic heterocycles. The Kier molecular flexibility index (Phi) is 3.78. The molecule has 0 amide bonds. The lowest BCUT2D eigenvalue weighted by Crippen LogP contribution is -2.31. The number of ether oxygens (including phenoxy) is 1. The van der Waals surface area contributed by atoms with E-state index in [-0.39, 0.29) is 6.54 Å². The molecule has 2 N–H and O–H groups in total. The van der Waals surface area contributed by atoms with Crippen molar-refractivity contribution in [3.8, 4) is 0 Å². The average molecular weight is 303 g/mol. The normalized spacial score (nSPS) is 14.1. The molecule has 0 aromatic carbocycles. The molecule has 8 nitrogen and oxygen atoms in total. The van der Waals surface area contributed by atoms with Crippen LogP contribution in [0.25, 0.3) is 5.78 Å². The van der Waals surface area contributed by atoms with Gasteiger partial charge in [0.1, 0.15) is 23.5 Å². The second-order valence-corrected chi connectivity index (χ2v) is 5.14. The summed E-state index contributed by atoms with van der Waals surface area (Å²) >= 11 is 0. The summed E-state index contributed by atoms with van der Waals surface area (Å²) in [5.74, 6) is 1.62. The first-order chi connectivity index (χ1) is 10.6. The molecule has 3 aromatic rings. The van der Waals surface area contributed by atoms with Crippen LogP contribution in [0.1, 0.15) is 18.4 Å². The summed E-state index contributed by atoms with van der Waals surface area (Å²) in [5, 5.41) is 17.8. The summed E-state index contributed by atoms with van der Waals surface area (Å²) in [4.78, 5) is 8.40. The van der Waals surface area contributed by atoms with Crippen LogP contribution in [0.15, 0.2) is 35.2 Å². The number of aliphatic hydroxyl groups is 1. The minimum Gasteiger partial charge on any atom is -0.466 e. The number of anilines is 1. The molecule has 0 bridgehead atoms. The average Bonchev–Trinajstić information content (AvgIpc) is 3.16. The van der Waals surface area contributed by atoms with Crippen molar-refractivity contribution in [2.75, 3.05) is 19.0 Å². The third kappa shape index (κ3) is 2.78. The summed E-state index contributed by atoms with van der Waals surface area (Å²) in [6.45, 7) is 2.28. The van der Waals surface area contributed by atoms with Crippen molar-refractivity contribution in [3.05, 3.63) is 42.2 Å². The van der Waals surface area contributed by atoms with E-state index in [1.807, 2.05) is 6.07 Å². The molecule has 0 saturated carbocycles. The number of nitrogens with zero attached hydrogens (tertiary/aromatic N) is 4. The van der Waals surface area contributed by atoms with E-state index < -0.39 is 5.60 Å². The van der Waals surface area contributed by atoms with Crippen molar-refractivity contribution in [3.63, 3.8) is 0 Å². The van der Waals surface area contributed by atoms with Crippen LogP contribution in [0.5, 0.6) is 0 Å². The van der Waals surface area contributed by atoms with Gasteiger partial charge < -0.3 is 19.6 Å². The fourth-order valence-corrected chi connectivity index (χ4v) is 2.14. The van der Waals surface area contributed by atoms with Gasteiger partial charge in [0.05, 0.1) is 25.1 Å². The van der Waals surface area contributed by atoms with E-state index in [4.69, 9.17) is 9.15 Å². The zero-order valence-electron chi connectivity index (χ0n) is 12.4. The Morgan fingerprint density at radius 2 is 2.36 bits per heavy atom. The van der Waals surface area contributed by atoms with Crippen molar-refractivity contribution < 1.29 is 14.3 Å². The third-order valence-corrected chi connectivity index (χ3v) is 3.26. The highest BCUT2D eigenvalue weighted by molar-refractivity contribution is 5.45. The minimum absolute atomic E-state index is 0.242. The van der Waals surface area contributed by atoms with Crippen molar-refractivity contribution in [1.29, 1.82) is 0 Å². The highest BCUT2D eigenvalue weighted by atomic mass is 16.5. The first-order valence-electron chi connectivity index (χ1n) is 6.79. The Hall–Kier alpha value is -2.45. The molecule has 8 heteroatoms. The van der Waals surface area contributed by atoms with E-state index in [1.165, 1.54) is 12.6 Å². The standard InChI is InChI=1S/C14H17N5O3/c1-14(20,11-4-3-5-22-11)8-15-12-6-10(7-21-2)18-13-16-9-17-19(12)13/h3-6,9,15,20H,7-8H2,1-2H3. The number of methoxy groups -OCH3 is 1. The van der Waals surface area contributed by atoms with Gasteiger partial charge in [-0.1, -0.05) is 0 Å². The molecule has 0 spiro atoms. The molecule has 116 valence electrons. The van der Waals surface area contributed by atoms with Gasteiger partial charge in [0.15, 0.2) is 0 Å². The second kappa shape index (κ2) is 5.74. The van der Waals surface area contributed by atoms with Crippen molar-refractivity contribution in [2.24, 2.45) is 0 Å². The van der Waals surface area contributed by atoms with E-state index >= 15 is 0 Å². The Morgan fingerprint density at radius 3 is 3.09 bits per heavy atom. The lowest BCUT2D eigenvalue weighted by molar-refractivity contribution is 0.0475. The quantitative estimate of drug-likeness (QED) is 0.705. The molecule has 3 heterocycles. The summed E-state index contributed by atoms with van der Waals surface area (Å²) in [7, 11) is 1.60. The van der Waals surface area contributed by atoms with Gasteiger partial charge in [0, 0.05) is 13.2 Å². The number of rotatable bonds is 6. The van der Waals surface area contributed by atoms with E-state index in [1.54, 1.807) is 30.7 Å². The molecule has 0 aliphatic carbocycles. The van der Waals surface area contributed by atoms with Crippen LogP contribution in [0, 0.1) is 0 Å². The number of hydrogen-bond acceptors (Lipinski definition) is 7. The summed E-state index contributed by atoms with van der Waals surface area (Å²) in [6, 6.07) is 5.28. The summed E-state index contributed by atoms with van der Waals surface area (Å²) < 4.78 is 11.9. The summed E-state index contributed by atoms with van der Waals surface area (Å²) in [5.41, 5.74) is -0.427. The van der Waals surface area contributed by atoms with Crippen LogP contribution in [0.3, 0.4) is 0 Å². The number of furan rings is 1. The SMILES string of the molecule is COCc1cc(NCC(C)(O)c2ccco2)n2ncnc2n1. The largest absolute Gasteiger partial charge is 0.466 e. The monoisotopic (exact) mass is 303 g/mol. The van der Waals surface area contributed by atoms with Gasteiger partial charge in [-0.3, -0.25) is 0 Å². The minimum atomic E-state index is -1.15. The number of fused-ring (bicyclic) bond motifs is 1. The third-order valence-electron chi connectivity index (χ3n) is 3.26. The lowest BCUT2D eigenvalue weighted by Gasteiger charge is -2.22. The van der Waals surface area contributed by atoms with Crippen molar-refractivity contribution >= 4 is 11.6 Å². The fourth-order valence-electron chi connectivity index (χ4n) is 2.14. The predicted molar refractivity (Wildman–Crippen MR) is 78.3 cm³/mol. The molecule has 0 aliphatic rings. The highest BCUT2D eigenvalue weighted by Gasteiger charge is 2.26. The molecule has 1 atom stereocenters. The van der Waals surface area contributed by atoms with Crippen LogP contribution in [0.2, 0.25) is 0 Å². The van der Waals surface area contributed by atoms with Crippen LogP contribution in [0.4, 0.5) is 5.82 Å². The first kappa shape index (κ1) is 14.5. The highest BCUT2D eigenvalue weighted by Crippen LogP contribution is 2.22. The molecule has 1 unspecified atom stereocenters. The molecule has 0 aliphatic heterocycles. The van der Waals surface area contributed by atoms with Gasteiger partial charge in [0.2, 0.25) is 0 Å². The van der Waals surface area contributed by atoms with Crippen LogP contribution >= 0.6 is 0 Å². The topological polar surface area (TPSA) is 97.7 Å². The summed E-state index contributed by atoms with van der Waals surface area (Å²) in [6.07, 6.45) is 2.96. The first-order valence-corrected chi connectivity index (χ1v) is 6.79. The molecular weight excluding hydrogens is 286 g/mol. The van der Waals surface area contributed by atoms with Crippen LogP contribution in [-0.2, 0) is 16.9 Å². The van der Waals surface area contributed by atoms with Gasteiger partial charge in [0.25, 0.3) is 5.78 Å². The Labute approximate surface area is 126 Å². The molecule has 0 radical (unpaired) electrons. The zero-order valence-corrected chi connectivity index (χ0v) is 12.4. The van der Waals surface area contributed by atoms with E-state index in [0.717, 1.165) is 5.69 Å². The second-order valence-electron chi connectivity index (χ2n) is 5.14. The maximum atomic E-state index is 10.5. The molecule has 22 heavy (non-hydrogen) atoms. The Morgan fingerprint density at radius 1 is 1.50 bits per heavy atom. The van der Waals surface area contributed by atoms with Crippen LogP contribution < -0.4 is 5.32 Å². The number of hydrogen-bond donors (Lipinski definition) is 2. The number of aromatic nitrogens is 4. The van der Waals surface area contributed by atoms with Crippen molar-refractivity contribution in [1.82, 2.24) is 19.6 Å². The zero-order chi connectivity index (χ0) is 15.6. The van der Waals surface area contributed by atoms with Crippen LogP contribution in [-0.4, -0.2) is 38.3 Å². The maximum Gasteiger partial charge on any atom is 0.254 e. The predicted octanol–water partition coefficient (Wildman–Crippen LogP) is 1.18. The van der Waals surface area contributed by atoms with Crippen molar-refractivity contribution in [2.45, 2.75) is 19.1 Å². The Balaban J connectivity index is 1.85. The lowest BCUT2D eigenvalue weighted by atomic mass is 10.0. The molecule has 3 rings (SSSR count). The van der Waals surface area contributed by atoms with Gasteiger partial charge in [-0.05, 0) is 19.1 Å². The van der Waals surface area contributed by atoms with E-state index in [9.17, 15) is 5.11 Å². The van der Waals surface area contributed by atoms with E-state index in [0.29, 0.717) is 24.0 Å². The van der Waals surface area contributed by atoms with Gasteiger partial charge in [-0.2, -0.15) is 14.6 Å². The fraction of sp³-hybridized carbons (Fsp3) is 0.357. The molecular formula is C14H17N5O3.